The molecule has 0 radical (unpaired) electrons. The summed E-state index contributed by atoms with van der Waals surface area (Å²) in [6.07, 6.45) is 1.75. The summed E-state index contributed by atoms with van der Waals surface area (Å²) in [4.78, 5) is 33.7. The summed E-state index contributed by atoms with van der Waals surface area (Å²) in [7, 11) is 0. The van der Waals surface area contributed by atoms with Crippen LogP contribution < -0.4 is 10.9 Å². The molecule has 0 saturated carbocycles. The topological polar surface area (TPSA) is 64.0 Å². The minimum absolute atomic E-state index is 0.0347. The molecule has 0 bridgehead atoms. The van der Waals surface area contributed by atoms with Crippen LogP contribution in [0.1, 0.15) is 22.3 Å². The Morgan fingerprint density at radius 1 is 1.00 bits per heavy atom. The van der Waals surface area contributed by atoms with E-state index < -0.39 is 0 Å². The molecule has 1 aliphatic carbocycles. The van der Waals surface area contributed by atoms with Gasteiger partial charge < -0.3 is 5.32 Å². The van der Waals surface area contributed by atoms with Crippen molar-refractivity contribution in [3.63, 3.8) is 0 Å². The molecule has 1 N–H and O–H groups in total. The first-order valence-corrected chi connectivity index (χ1v) is 14.1. The van der Waals surface area contributed by atoms with Gasteiger partial charge in [0.1, 0.15) is 4.83 Å². The van der Waals surface area contributed by atoms with Crippen molar-refractivity contribution in [2.75, 3.05) is 11.1 Å². The molecule has 0 atom stereocenters. The Morgan fingerprint density at radius 2 is 1.76 bits per heavy atom. The molecule has 184 valence electrons. The van der Waals surface area contributed by atoms with Crippen molar-refractivity contribution in [1.29, 1.82) is 0 Å². The standard InChI is InChI=1S/C30H25N3O2S2/c1-19-9-5-8-14-24(19)31-25(34)18-36-30-32-28-26(29(35)33(30)17-20-10-3-2-4-11-20)23-16-15-21-12-6-7-13-22(21)27(23)37-28/h2-14H,15-18H2,1H3,(H,31,34). The molecule has 0 aliphatic heterocycles. The number of hydrogen-bond acceptors (Lipinski definition) is 5. The van der Waals surface area contributed by atoms with E-state index in [-0.39, 0.29) is 17.2 Å². The van der Waals surface area contributed by atoms with Gasteiger partial charge in [0.15, 0.2) is 5.16 Å². The number of thiophene rings is 1. The number of carbonyl (C=O) groups excluding carboxylic acids is 1. The summed E-state index contributed by atoms with van der Waals surface area (Å²) in [6.45, 7) is 2.37. The summed E-state index contributed by atoms with van der Waals surface area (Å²) in [5.74, 6) is 0.0361. The second kappa shape index (κ2) is 10.00. The highest BCUT2D eigenvalue weighted by molar-refractivity contribution is 7.99. The number of aryl methyl sites for hydroxylation is 3. The molecule has 0 unspecified atom stereocenters. The molecule has 0 saturated heterocycles. The van der Waals surface area contributed by atoms with E-state index in [1.807, 2.05) is 67.6 Å². The second-order valence-corrected chi connectivity index (χ2v) is 11.1. The average molecular weight is 524 g/mol. The van der Waals surface area contributed by atoms with Gasteiger partial charge >= 0.3 is 0 Å². The van der Waals surface area contributed by atoms with Crippen molar-refractivity contribution >= 4 is 44.9 Å². The van der Waals surface area contributed by atoms with Crippen LogP contribution in [0.2, 0.25) is 0 Å². The van der Waals surface area contributed by atoms with Gasteiger partial charge in [-0.1, -0.05) is 84.6 Å². The summed E-state index contributed by atoms with van der Waals surface area (Å²) in [5.41, 5.74) is 6.40. The van der Waals surface area contributed by atoms with Gasteiger partial charge in [-0.2, -0.15) is 0 Å². The number of nitrogens with one attached hydrogen (secondary N) is 1. The number of thioether (sulfide) groups is 1. The van der Waals surface area contributed by atoms with Gasteiger partial charge in [-0.3, -0.25) is 14.2 Å². The van der Waals surface area contributed by atoms with Crippen molar-refractivity contribution in [1.82, 2.24) is 9.55 Å². The highest BCUT2D eigenvalue weighted by atomic mass is 32.2. The maximum absolute atomic E-state index is 14.0. The Bertz CT molecular complexity index is 1690. The van der Waals surface area contributed by atoms with Crippen LogP contribution >= 0.6 is 23.1 Å². The fourth-order valence-corrected chi connectivity index (χ4v) is 6.96. The third-order valence-electron chi connectivity index (χ3n) is 6.72. The number of hydrogen-bond donors (Lipinski definition) is 1. The Labute approximate surface area is 223 Å². The lowest BCUT2D eigenvalue weighted by Crippen LogP contribution is -2.25. The van der Waals surface area contributed by atoms with E-state index in [1.54, 1.807) is 15.9 Å². The molecule has 2 aromatic heterocycles. The van der Waals surface area contributed by atoms with Gasteiger partial charge in [0.05, 0.1) is 17.7 Å². The van der Waals surface area contributed by atoms with E-state index in [9.17, 15) is 9.59 Å². The largest absolute Gasteiger partial charge is 0.325 e. The maximum atomic E-state index is 14.0. The molecule has 7 heteroatoms. The highest BCUT2D eigenvalue weighted by Crippen LogP contribution is 2.42. The van der Waals surface area contributed by atoms with Crippen LogP contribution in [0, 0.1) is 6.92 Å². The van der Waals surface area contributed by atoms with Gasteiger partial charge in [-0.05, 0) is 53.6 Å². The van der Waals surface area contributed by atoms with E-state index in [4.69, 9.17) is 4.98 Å². The normalized spacial score (nSPS) is 12.2. The number of amides is 1. The lowest BCUT2D eigenvalue weighted by atomic mass is 9.90. The lowest BCUT2D eigenvalue weighted by molar-refractivity contribution is -0.113. The van der Waals surface area contributed by atoms with Crippen LogP contribution in [0.3, 0.4) is 0 Å². The van der Waals surface area contributed by atoms with Crippen molar-refractivity contribution in [3.05, 3.63) is 111 Å². The maximum Gasteiger partial charge on any atom is 0.263 e. The molecule has 5 aromatic rings. The molecule has 3 aromatic carbocycles. The number of fused-ring (bicyclic) bond motifs is 5. The molecule has 37 heavy (non-hydrogen) atoms. The minimum atomic E-state index is -0.126. The van der Waals surface area contributed by atoms with Crippen LogP contribution in [0.4, 0.5) is 5.69 Å². The first kappa shape index (κ1) is 23.7. The third kappa shape index (κ3) is 4.61. The molecule has 0 spiro atoms. The van der Waals surface area contributed by atoms with Gasteiger partial charge in [0.2, 0.25) is 5.91 Å². The van der Waals surface area contributed by atoms with Gasteiger partial charge in [-0.25, -0.2) is 4.98 Å². The summed E-state index contributed by atoms with van der Waals surface area (Å²) < 4.78 is 1.73. The fraction of sp³-hybridized carbons (Fsp3) is 0.167. The van der Waals surface area contributed by atoms with Crippen molar-refractivity contribution < 1.29 is 4.79 Å². The van der Waals surface area contributed by atoms with Crippen LogP contribution in [0.5, 0.6) is 0 Å². The Hall–Kier alpha value is -3.68. The number of rotatable bonds is 6. The van der Waals surface area contributed by atoms with E-state index >= 15 is 0 Å². The average Bonchev–Trinajstić information content (AvgIpc) is 3.30. The van der Waals surface area contributed by atoms with E-state index in [2.05, 4.69) is 23.5 Å². The van der Waals surface area contributed by atoms with Crippen molar-refractivity contribution in [2.45, 2.75) is 31.5 Å². The van der Waals surface area contributed by atoms with E-state index in [1.165, 1.54) is 22.9 Å². The predicted molar refractivity (Wildman–Crippen MR) is 153 cm³/mol. The van der Waals surface area contributed by atoms with Crippen LogP contribution in [0.25, 0.3) is 20.7 Å². The van der Waals surface area contributed by atoms with Crippen LogP contribution in [-0.2, 0) is 24.2 Å². The Balaban J connectivity index is 1.39. The summed E-state index contributed by atoms with van der Waals surface area (Å²) in [6, 6.07) is 26.0. The van der Waals surface area contributed by atoms with Crippen molar-refractivity contribution in [2.24, 2.45) is 0 Å². The zero-order chi connectivity index (χ0) is 25.4. The summed E-state index contributed by atoms with van der Waals surface area (Å²) >= 11 is 2.89. The Morgan fingerprint density at radius 3 is 2.59 bits per heavy atom. The SMILES string of the molecule is Cc1ccccc1NC(=O)CSc1nc2sc3c(c2c(=O)n1Cc1ccccc1)CCc1ccccc1-3. The van der Waals surface area contributed by atoms with Crippen LogP contribution in [0.15, 0.2) is 88.8 Å². The molecule has 0 fully saturated rings. The van der Waals surface area contributed by atoms with E-state index in [0.29, 0.717) is 11.7 Å². The van der Waals surface area contributed by atoms with Gasteiger partial charge in [0.25, 0.3) is 5.56 Å². The number of carbonyl (C=O) groups is 1. The molecule has 2 heterocycles. The zero-order valence-corrected chi connectivity index (χ0v) is 22.0. The van der Waals surface area contributed by atoms with Gasteiger partial charge in [0, 0.05) is 10.6 Å². The number of anilines is 1. The smallest absolute Gasteiger partial charge is 0.263 e. The first-order valence-electron chi connectivity index (χ1n) is 12.2. The number of aromatic nitrogens is 2. The monoisotopic (exact) mass is 523 g/mol. The first-order chi connectivity index (χ1) is 18.1. The van der Waals surface area contributed by atoms with Crippen molar-refractivity contribution in [3.8, 4) is 10.4 Å². The quantitative estimate of drug-likeness (QED) is 0.209. The molecule has 1 aliphatic rings. The Kier molecular flexibility index (Phi) is 6.40. The molecule has 6 rings (SSSR count). The van der Waals surface area contributed by atoms with Gasteiger partial charge in [-0.15, -0.1) is 11.3 Å². The third-order valence-corrected chi connectivity index (χ3v) is 8.85. The van der Waals surface area contributed by atoms with Crippen LogP contribution in [-0.4, -0.2) is 21.2 Å². The predicted octanol–water partition coefficient (Wildman–Crippen LogP) is 6.31. The molecule has 1 amide bonds. The number of para-hydroxylation sites is 1. The molecular formula is C30H25N3O2S2. The second-order valence-electron chi connectivity index (χ2n) is 9.17. The zero-order valence-electron chi connectivity index (χ0n) is 20.4. The molecule has 5 nitrogen and oxygen atoms in total. The minimum Gasteiger partial charge on any atom is -0.325 e. The number of benzene rings is 3. The molecular weight excluding hydrogens is 498 g/mol. The van der Waals surface area contributed by atoms with E-state index in [0.717, 1.165) is 50.3 Å². The fourth-order valence-electron chi connectivity index (χ4n) is 4.84. The number of nitrogens with zero attached hydrogens (tertiary/aromatic N) is 2. The lowest BCUT2D eigenvalue weighted by Gasteiger charge is -2.16. The highest BCUT2D eigenvalue weighted by Gasteiger charge is 2.25. The summed E-state index contributed by atoms with van der Waals surface area (Å²) in [5, 5.41) is 4.26.